The van der Waals surface area contributed by atoms with E-state index in [4.69, 9.17) is 0 Å². The lowest BCUT2D eigenvalue weighted by molar-refractivity contribution is -0.122. The minimum atomic E-state index is -0.455. The number of carbonyl (C=O) groups excluding carboxylic acids is 2. The van der Waals surface area contributed by atoms with E-state index < -0.39 is 12.0 Å². The monoisotopic (exact) mass is 465 g/mol. The molecule has 1 amide bonds. The summed E-state index contributed by atoms with van der Waals surface area (Å²) in [5, 5.41) is 3.51. The highest BCUT2D eigenvalue weighted by atomic mass is 16.2. The van der Waals surface area contributed by atoms with Gasteiger partial charge in [-0.1, -0.05) is 48.5 Å². The van der Waals surface area contributed by atoms with Gasteiger partial charge in [0.05, 0.1) is 23.3 Å². The molecule has 1 aliphatic heterocycles. The zero-order valence-electron chi connectivity index (χ0n) is 20.3. The molecule has 5 nitrogen and oxygen atoms in total. The third-order valence-corrected chi connectivity index (χ3v) is 7.08. The number of Topliss-reactive ketones (excluding diaryl/α,β-unsaturated/α-hetero) is 1. The molecule has 0 aromatic heterocycles. The summed E-state index contributed by atoms with van der Waals surface area (Å²) < 4.78 is 0. The van der Waals surface area contributed by atoms with Gasteiger partial charge in [0.25, 0.3) is 5.91 Å². The van der Waals surface area contributed by atoms with Crippen LogP contribution in [0.4, 0.5) is 17.1 Å². The van der Waals surface area contributed by atoms with Gasteiger partial charge in [0, 0.05) is 36.5 Å². The third kappa shape index (κ3) is 4.23. The number of benzene rings is 3. The van der Waals surface area contributed by atoms with Gasteiger partial charge >= 0.3 is 0 Å². The molecule has 0 fully saturated rings. The molecule has 2 aliphatic rings. The first kappa shape index (κ1) is 22.9. The predicted molar refractivity (Wildman–Crippen MR) is 142 cm³/mol. The van der Waals surface area contributed by atoms with E-state index in [1.807, 2.05) is 59.5 Å². The molecule has 5 rings (SSSR count). The van der Waals surface area contributed by atoms with E-state index in [9.17, 15) is 9.59 Å². The maximum Gasteiger partial charge on any atom is 0.258 e. The minimum Gasteiger partial charge on any atom is -0.372 e. The number of allylic oxidation sites excluding steroid dienone is 1. The van der Waals surface area contributed by atoms with E-state index in [-0.39, 0.29) is 11.7 Å². The number of amides is 1. The van der Waals surface area contributed by atoms with Crippen LogP contribution >= 0.6 is 0 Å². The molecule has 1 heterocycles. The Morgan fingerprint density at radius 3 is 2.34 bits per heavy atom. The Balaban J connectivity index is 1.70. The van der Waals surface area contributed by atoms with Gasteiger partial charge in [-0.3, -0.25) is 14.5 Å². The van der Waals surface area contributed by atoms with Crippen molar-refractivity contribution in [2.24, 2.45) is 5.92 Å². The Bertz CT molecular complexity index is 1250. The van der Waals surface area contributed by atoms with Crippen LogP contribution in [0.1, 0.15) is 48.7 Å². The second-order valence-corrected chi connectivity index (χ2v) is 9.03. The van der Waals surface area contributed by atoms with Gasteiger partial charge in [0.1, 0.15) is 5.78 Å². The summed E-state index contributed by atoms with van der Waals surface area (Å²) in [4.78, 5) is 31.7. The summed E-state index contributed by atoms with van der Waals surface area (Å²) in [6.45, 7) is 6.12. The molecule has 5 heteroatoms. The van der Waals surface area contributed by atoms with Crippen molar-refractivity contribution in [3.05, 3.63) is 102 Å². The average molecular weight is 466 g/mol. The first-order valence-electron chi connectivity index (χ1n) is 12.4. The van der Waals surface area contributed by atoms with Gasteiger partial charge in [0.15, 0.2) is 0 Å². The lowest BCUT2D eigenvalue weighted by Gasteiger charge is -2.36. The smallest absolute Gasteiger partial charge is 0.258 e. The van der Waals surface area contributed by atoms with Crippen molar-refractivity contribution in [1.29, 1.82) is 0 Å². The highest BCUT2D eigenvalue weighted by Crippen LogP contribution is 2.46. The van der Waals surface area contributed by atoms with Crippen LogP contribution in [0, 0.1) is 5.92 Å². The number of anilines is 3. The Kier molecular flexibility index (Phi) is 6.41. The number of carbonyl (C=O) groups is 2. The molecule has 1 aliphatic carbocycles. The molecule has 2 atom stereocenters. The maximum atomic E-state index is 14.1. The van der Waals surface area contributed by atoms with E-state index in [2.05, 4.69) is 54.4 Å². The van der Waals surface area contributed by atoms with Crippen molar-refractivity contribution in [1.82, 2.24) is 0 Å². The third-order valence-electron chi connectivity index (χ3n) is 7.08. The molecule has 178 valence electrons. The average Bonchev–Trinajstić information content (AvgIpc) is 3.05. The summed E-state index contributed by atoms with van der Waals surface area (Å²) in [6.07, 6.45) is 3.31. The van der Waals surface area contributed by atoms with Crippen LogP contribution in [0.2, 0.25) is 0 Å². The molecule has 0 saturated carbocycles. The van der Waals surface area contributed by atoms with Crippen molar-refractivity contribution >= 4 is 28.8 Å². The number of nitrogens with one attached hydrogen (secondary N) is 1. The Morgan fingerprint density at radius 2 is 1.63 bits per heavy atom. The second-order valence-electron chi connectivity index (χ2n) is 9.03. The number of ketones is 1. The minimum absolute atomic E-state index is 0.114. The van der Waals surface area contributed by atoms with Crippen LogP contribution in [0.25, 0.3) is 0 Å². The normalized spacial score (nSPS) is 19.1. The van der Waals surface area contributed by atoms with Crippen molar-refractivity contribution < 1.29 is 9.59 Å². The van der Waals surface area contributed by atoms with Crippen LogP contribution in [-0.4, -0.2) is 24.8 Å². The van der Waals surface area contributed by atoms with Gasteiger partial charge in [-0.25, -0.2) is 0 Å². The molecular formula is C30H31N3O2. The van der Waals surface area contributed by atoms with E-state index >= 15 is 0 Å². The molecule has 3 aromatic rings. The SMILES string of the molecule is CCN(CC)c1ccc([C@@H]2[C@H]3C(=O)CCC=C3Nc3ccccc3N2C(=O)c2ccccc2)cc1. The first-order chi connectivity index (χ1) is 17.1. The van der Waals surface area contributed by atoms with Gasteiger partial charge in [-0.2, -0.15) is 0 Å². The summed E-state index contributed by atoms with van der Waals surface area (Å²) in [5.74, 6) is -0.410. The molecular weight excluding hydrogens is 434 g/mol. The van der Waals surface area contributed by atoms with Crippen LogP contribution in [0.5, 0.6) is 0 Å². The number of fused-ring (bicyclic) bond motifs is 2. The fourth-order valence-corrected chi connectivity index (χ4v) is 5.31. The number of nitrogens with zero attached hydrogens (tertiary/aromatic N) is 2. The van der Waals surface area contributed by atoms with Crippen molar-refractivity contribution in [3.63, 3.8) is 0 Å². The number of hydrogen-bond acceptors (Lipinski definition) is 4. The van der Waals surface area contributed by atoms with Crippen LogP contribution in [0.3, 0.4) is 0 Å². The summed E-state index contributed by atoms with van der Waals surface area (Å²) in [5.41, 5.74) is 5.19. The zero-order chi connectivity index (χ0) is 24.4. The molecule has 0 saturated heterocycles. The number of hydrogen-bond donors (Lipinski definition) is 1. The summed E-state index contributed by atoms with van der Waals surface area (Å²) >= 11 is 0. The van der Waals surface area contributed by atoms with Gasteiger partial charge in [0.2, 0.25) is 0 Å². The Labute approximate surface area is 207 Å². The van der Waals surface area contributed by atoms with Gasteiger partial charge in [-0.05, 0) is 62.2 Å². The molecule has 0 radical (unpaired) electrons. The standard InChI is InChI=1S/C30H31N3O2/c1-3-32(4-2)23-19-17-21(18-20-23)29-28-25(14-10-16-27(28)34)31-24-13-8-9-15-26(24)33(29)30(35)22-11-6-5-7-12-22/h5-9,11-15,17-20,28-29,31H,3-4,10,16H2,1-2H3/t28-,29-/m1/s1. The van der Waals surface area contributed by atoms with E-state index in [0.717, 1.165) is 41.4 Å². The van der Waals surface area contributed by atoms with Crippen molar-refractivity contribution in [3.8, 4) is 0 Å². The molecule has 35 heavy (non-hydrogen) atoms. The molecule has 0 bridgehead atoms. The molecule has 1 N–H and O–H groups in total. The largest absolute Gasteiger partial charge is 0.372 e. The summed E-state index contributed by atoms with van der Waals surface area (Å²) in [7, 11) is 0. The topological polar surface area (TPSA) is 52.7 Å². The van der Waals surface area contributed by atoms with E-state index in [0.29, 0.717) is 18.4 Å². The number of para-hydroxylation sites is 2. The van der Waals surface area contributed by atoms with Gasteiger partial charge < -0.3 is 10.2 Å². The van der Waals surface area contributed by atoms with Crippen LogP contribution in [-0.2, 0) is 4.79 Å². The fourth-order valence-electron chi connectivity index (χ4n) is 5.31. The van der Waals surface area contributed by atoms with Crippen LogP contribution < -0.4 is 15.1 Å². The second kappa shape index (κ2) is 9.79. The summed E-state index contributed by atoms with van der Waals surface area (Å²) in [6, 6.07) is 25.1. The Morgan fingerprint density at radius 1 is 0.943 bits per heavy atom. The lowest BCUT2D eigenvalue weighted by atomic mass is 9.81. The highest BCUT2D eigenvalue weighted by molar-refractivity contribution is 6.09. The first-order valence-corrected chi connectivity index (χ1v) is 12.4. The fraction of sp³-hybridized carbons (Fsp3) is 0.267. The predicted octanol–water partition coefficient (Wildman–Crippen LogP) is 6.21. The van der Waals surface area contributed by atoms with E-state index in [1.54, 1.807) is 0 Å². The zero-order valence-corrected chi connectivity index (χ0v) is 20.3. The Hall–Kier alpha value is -3.86. The number of rotatable bonds is 5. The molecule has 3 aromatic carbocycles. The lowest BCUT2D eigenvalue weighted by Crippen LogP contribution is -2.42. The quantitative estimate of drug-likeness (QED) is 0.487. The van der Waals surface area contributed by atoms with Crippen molar-refractivity contribution in [2.75, 3.05) is 28.2 Å². The van der Waals surface area contributed by atoms with E-state index in [1.165, 1.54) is 0 Å². The molecule has 0 unspecified atom stereocenters. The maximum absolute atomic E-state index is 14.1. The van der Waals surface area contributed by atoms with Gasteiger partial charge in [-0.15, -0.1) is 0 Å². The highest BCUT2D eigenvalue weighted by Gasteiger charge is 2.43. The van der Waals surface area contributed by atoms with Crippen molar-refractivity contribution in [2.45, 2.75) is 32.7 Å². The molecule has 0 spiro atoms. The van der Waals surface area contributed by atoms with Crippen LogP contribution in [0.15, 0.2) is 90.6 Å².